The Balaban J connectivity index is 1.80. The van der Waals surface area contributed by atoms with Crippen LogP contribution in [0.1, 0.15) is 19.3 Å². The van der Waals surface area contributed by atoms with Gasteiger partial charge in [-0.1, -0.05) is 18.2 Å². The molecule has 0 amide bonds. The number of methoxy groups -OCH3 is 1. The molecule has 2 unspecified atom stereocenters. The van der Waals surface area contributed by atoms with Gasteiger partial charge in [-0.05, 0) is 25.3 Å². The SMILES string of the molecule is COC(=O)C1(N)CCC(Sc2ncnc3ccccc23)C1. The van der Waals surface area contributed by atoms with Gasteiger partial charge in [0, 0.05) is 10.6 Å². The molecule has 1 aromatic heterocycles. The van der Waals surface area contributed by atoms with Crippen LogP contribution < -0.4 is 5.73 Å². The molecule has 0 saturated heterocycles. The number of hydrogen-bond acceptors (Lipinski definition) is 6. The summed E-state index contributed by atoms with van der Waals surface area (Å²) in [5, 5.41) is 2.25. The molecule has 0 spiro atoms. The van der Waals surface area contributed by atoms with Crippen molar-refractivity contribution in [2.45, 2.75) is 35.1 Å². The third-order valence-electron chi connectivity index (χ3n) is 3.88. The van der Waals surface area contributed by atoms with Crippen LogP contribution in [0.25, 0.3) is 10.9 Å². The largest absolute Gasteiger partial charge is 0.468 e. The Bertz CT molecular complexity index is 674. The normalized spacial score (nSPS) is 25.1. The first-order valence-electron chi connectivity index (χ1n) is 6.86. The molecule has 1 aromatic carbocycles. The predicted octanol–water partition coefficient (Wildman–Crippen LogP) is 2.14. The van der Waals surface area contributed by atoms with Crippen LogP contribution >= 0.6 is 11.8 Å². The number of esters is 1. The van der Waals surface area contributed by atoms with Gasteiger partial charge in [0.15, 0.2) is 0 Å². The molecule has 21 heavy (non-hydrogen) atoms. The molecule has 0 radical (unpaired) electrons. The van der Waals surface area contributed by atoms with E-state index in [-0.39, 0.29) is 11.2 Å². The number of thioether (sulfide) groups is 1. The van der Waals surface area contributed by atoms with Gasteiger partial charge in [-0.3, -0.25) is 4.79 Å². The Hall–Kier alpha value is -1.66. The standard InChI is InChI=1S/C15H17N3O2S/c1-20-14(19)15(16)7-6-10(8-15)21-13-11-4-2-3-5-12(11)17-9-18-13/h2-5,9-10H,6-8,16H2,1H3. The van der Waals surface area contributed by atoms with Gasteiger partial charge in [-0.25, -0.2) is 9.97 Å². The van der Waals surface area contributed by atoms with Crippen molar-refractivity contribution in [3.8, 4) is 0 Å². The predicted molar refractivity (Wildman–Crippen MR) is 82.0 cm³/mol. The Morgan fingerprint density at radius 2 is 2.24 bits per heavy atom. The van der Waals surface area contributed by atoms with Crippen LogP contribution in [0, 0.1) is 0 Å². The highest BCUT2D eigenvalue weighted by molar-refractivity contribution is 8.00. The molecule has 2 N–H and O–H groups in total. The molecule has 1 aliphatic rings. The minimum atomic E-state index is -0.852. The number of carbonyl (C=O) groups excluding carboxylic acids is 1. The number of aromatic nitrogens is 2. The second kappa shape index (κ2) is 5.61. The molecular weight excluding hydrogens is 286 g/mol. The number of nitrogens with zero attached hydrogens (tertiary/aromatic N) is 2. The lowest BCUT2D eigenvalue weighted by Crippen LogP contribution is -2.46. The molecule has 0 bridgehead atoms. The first-order chi connectivity index (χ1) is 10.1. The van der Waals surface area contributed by atoms with Gasteiger partial charge in [0.05, 0.1) is 12.6 Å². The van der Waals surface area contributed by atoms with E-state index in [1.807, 2.05) is 24.3 Å². The molecule has 1 fully saturated rings. The number of carbonyl (C=O) groups is 1. The van der Waals surface area contributed by atoms with Crippen LogP contribution in [-0.4, -0.2) is 33.8 Å². The third-order valence-corrected chi connectivity index (χ3v) is 5.17. The van der Waals surface area contributed by atoms with Crippen molar-refractivity contribution >= 4 is 28.6 Å². The lowest BCUT2D eigenvalue weighted by atomic mass is 10.00. The summed E-state index contributed by atoms with van der Waals surface area (Å²) in [5.41, 5.74) is 6.23. The van der Waals surface area contributed by atoms with Gasteiger partial charge >= 0.3 is 5.97 Å². The van der Waals surface area contributed by atoms with Crippen molar-refractivity contribution < 1.29 is 9.53 Å². The lowest BCUT2D eigenvalue weighted by molar-refractivity contribution is -0.146. The Labute approximate surface area is 127 Å². The zero-order valence-corrected chi connectivity index (χ0v) is 12.6. The Morgan fingerprint density at radius 1 is 1.43 bits per heavy atom. The second-order valence-corrected chi connectivity index (χ2v) is 6.62. The van der Waals surface area contributed by atoms with Gasteiger partial charge in [0.25, 0.3) is 0 Å². The average molecular weight is 303 g/mol. The zero-order valence-electron chi connectivity index (χ0n) is 11.8. The Kier molecular flexibility index (Phi) is 3.82. The van der Waals surface area contributed by atoms with E-state index in [1.54, 1.807) is 18.1 Å². The number of hydrogen-bond donors (Lipinski definition) is 1. The maximum atomic E-state index is 11.8. The highest BCUT2D eigenvalue weighted by Gasteiger charge is 2.43. The van der Waals surface area contributed by atoms with Crippen molar-refractivity contribution in [2.24, 2.45) is 5.73 Å². The molecule has 1 saturated carbocycles. The summed E-state index contributed by atoms with van der Waals surface area (Å²) in [6.07, 6.45) is 3.73. The maximum absolute atomic E-state index is 11.8. The van der Waals surface area contributed by atoms with E-state index in [9.17, 15) is 4.79 Å². The molecule has 110 valence electrons. The number of rotatable bonds is 3. The molecule has 2 aromatic rings. The fourth-order valence-electron chi connectivity index (χ4n) is 2.75. The summed E-state index contributed by atoms with van der Waals surface area (Å²) >= 11 is 1.67. The van der Waals surface area contributed by atoms with E-state index in [0.717, 1.165) is 22.3 Å². The van der Waals surface area contributed by atoms with E-state index in [4.69, 9.17) is 10.5 Å². The Morgan fingerprint density at radius 3 is 3.05 bits per heavy atom. The summed E-state index contributed by atoms with van der Waals surface area (Å²) < 4.78 is 4.81. The molecular formula is C15H17N3O2S. The quantitative estimate of drug-likeness (QED) is 0.691. The molecule has 1 heterocycles. The van der Waals surface area contributed by atoms with E-state index in [2.05, 4.69) is 9.97 Å². The molecule has 6 heteroatoms. The van der Waals surface area contributed by atoms with E-state index >= 15 is 0 Å². The minimum Gasteiger partial charge on any atom is -0.468 e. The van der Waals surface area contributed by atoms with Crippen LogP contribution in [0.4, 0.5) is 0 Å². The molecule has 3 rings (SSSR count). The van der Waals surface area contributed by atoms with Gasteiger partial charge in [0.1, 0.15) is 16.9 Å². The molecule has 1 aliphatic carbocycles. The van der Waals surface area contributed by atoms with Crippen LogP contribution in [0.5, 0.6) is 0 Å². The topological polar surface area (TPSA) is 78.1 Å². The van der Waals surface area contributed by atoms with E-state index < -0.39 is 5.54 Å². The van der Waals surface area contributed by atoms with Crippen LogP contribution in [0.3, 0.4) is 0 Å². The van der Waals surface area contributed by atoms with Crippen LogP contribution in [0.2, 0.25) is 0 Å². The average Bonchev–Trinajstić information content (AvgIpc) is 2.89. The van der Waals surface area contributed by atoms with Gasteiger partial charge in [-0.2, -0.15) is 0 Å². The molecule has 0 aliphatic heterocycles. The van der Waals surface area contributed by atoms with Crippen LogP contribution in [-0.2, 0) is 9.53 Å². The fraction of sp³-hybridized carbons (Fsp3) is 0.400. The summed E-state index contributed by atoms with van der Waals surface area (Å²) in [6, 6.07) is 7.92. The first-order valence-corrected chi connectivity index (χ1v) is 7.74. The van der Waals surface area contributed by atoms with Crippen molar-refractivity contribution in [2.75, 3.05) is 7.11 Å². The summed E-state index contributed by atoms with van der Waals surface area (Å²) in [6.45, 7) is 0. The first kappa shape index (κ1) is 14.3. The molecule has 2 atom stereocenters. The van der Waals surface area contributed by atoms with Crippen molar-refractivity contribution in [1.82, 2.24) is 9.97 Å². The monoisotopic (exact) mass is 303 g/mol. The van der Waals surface area contributed by atoms with Gasteiger partial charge in [0.2, 0.25) is 0 Å². The molecule has 5 nitrogen and oxygen atoms in total. The van der Waals surface area contributed by atoms with Crippen molar-refractivity contribution in [3.63, 3.8) is 0 Å². The highest BCUT2D eigenvalue weighted by atomic mass is 32.2. The van der Waals surface area contributed by atoms with Crippen molar-refractivity contribution in [3.05, 3.63) is 30.6 Å². The number of ether oxygens (including phenoxy) is 1. The maximum Gasteiger partial charge on any atom is 0.325 e. The number of para-hydroxylation sites is 1. The lowest BCUT2D eigenvalue weighted by Gasteiger charge is -2.20. The van der Waals surface area contributed by atoms with Gasteiger partial charge in [-0.15, -0.1) is 11.8 Å². The zero-order chi connectivity index (χ0) is 14.9. The minimum absolute atomic E-state index is 0.271. The van der Waals surface area contributed by atoms with Crippen LogP contribution in [0.15, 0.2) is 35.6 Å². The number of benzene rings is 1. The second-order valence-electron chi connectivity index (χ2n) is 5.33. The number of nitrogens with two attached hydrogens (primary N) is 1. The fourth-order valence-corrected chi connectivity index (χ4v) is 4.09. The van der Waals surface area contributed by atoms with Crippen molar-refractivity contribution in [1.29, 1.82) is 0 Å². The summed E-state index contributed by atoms with van der Waals surface area (Å²) in [4.78, 5) is 20.4. The highest BCUT2D eigenvalue weighted by Crippen LogP contribution is 2.40. The van der Waals surface area contributed by atoms with E-state index in [0.29, 0.717) is 12.8 Å². The van der Waals surface area contributed by atoms with E-state index in [1.165, 1.54) is 7.11 Å². The summed E-state index contributed by atoms with van der Waals surface area (Å²) in [5.74, 6) is -0.321. The third kappa shape index (κ3) is 2.73. The smallest absolute Gasteiger partial charge is 0.325 e. The number of fused-ring (bicyclic) bond motifs is 1. The van der Waals surface area contributed by atoms with Gasteiger partial charge < -0.3 is 10.5 Å². The summed E-state index contributed by atoms with van der Waals surface area (Å²) in [7, 11) is 1.38.